The summed E-state index contributed by atoms with van der Waals surface area (Å²) in [7, 11) is 1.45. The predicted molar refractivity (Wildman–Crippen MR) is 57.6 cm³/mol. The number of halogens is 2. The van der Waals surface area contributed by atoms with Crippen molar-refractivity contribution < 1.29 is 14.6 Å². The van der Waals surface area contributed by atoms with Gasteiger partial charge in [0.25, 0.3) is 0 Å². The molecule has 0 atom stereocenters. The highest BCUT2D eigenvalue weighted by Crippen LogP contribution is 2.31. The molecule has 0 spiro atoms. The number of hydrogen-bond acceptors (Lipinski definition) is 2. The van der Waals surface area contributed by atoms with E-state index in [0.29, 0.717) is 21.7 Å². The second-order valence-corrected chi connectivity index (χ2v) is 3.53. The highest BCUT2D eigenvalue weighted by atomic mass is 79.9. The molecular formula is C9H8BrClO3. The molecule has 1 rings (SSSR count). The third-order valence-electron chi connectivity index (χ3n) is 1.73. The Morgan fingerprint density at radius 2 is 2.29 bits per heavy atom. The van der Waals surface area contributed by atoms with Crippen molar-refractivity contribution >= 4 is 33.5 Å². The fraction of sp³-hybridized carbons (Fsp3) is 0.222. The van der Waals surface area contributed by atoms with Crippen LogP contribution >= 0.6 is 27.5 Å². The molecule has 0 aromatic heterocycles. The maximum absolute atomic E-state index is 10.7. The molecule has 5 heteroatoms. The molecule has 0 unspecified atom stereocenters. The fourth-order valence-corrected chi connectivity index (χ4v) is 1.88. The van der Waals surface area contributed by atoms with Crippen LogP contribution in [0, 0.1) is 0 Å². The van der Waals surface area contributed by atoms with Gasteiger partial charge in [-0.05, 0) is 17.7 Å². The standard InChI is InChI=1S/C9H8BrClO3/c1-14-7-3-5(9(12)13)2-6(4-10)8(7)11/h2-3H,4H2,1H3,(H,12,13). The van der Waals surface area contributed by atoms with Crippen molar-refractivity contribution in [3.05, 3.63) is 28.3 Å². The minimum atomic E-state index is -0.998. The topological polar surface area (TPSA) is 46.5 Å². The molecule has 0 radical (unpaired) electrons. The molecule has 0 saturated carbocycles. The number of benzene rings is 1. The van der Waals surface area contributed by atoms with Gasteiger partial charge in [-0.15, -0.1) is 0 Å². The summed E-state index contributed by atoms with van der Waals surface area (Å²) < 4.78 is 4.96. The van der Waals surface area contributed by atoms with E-state index in [9.17, 15) is 4.79 Å². The lowest BCUT2D eigenvalue weighted by Gasteiger charge is -2.08. The monoisotopic (exact) mass is 278 g/mol. The van der Waals surface area contributed by atoms with Gasteiger partial charge in [0.15, 0.2) is 0 Å². The zero-order chi connectivity index (χ0) is 10.7. The summed E-state index contributed by atoms with van der Waals surface area (Å²) >= 11 is 9.16. The van der Waals surface area contributed by atoms with E-state index in [4.69, 9.17) is 21.4 Å². The van der Waals surface area contributed by atoms with Gasteiger partial charge in [0.05, 0.1) is 17.7 Å². The molecule has 0 aliphatic rings. The van der Waals surface area contributed by atoms with Crippen LogP contribution in [0.3, 0.4) is 0 Å². The fourth-order valence-electron chi connectivity index (χ4n) is 1.02. The third kappa shape index (κ3) is 2.19. The molecule has 0 aliphatic heterocycles. The second kappa shape index (κ2) is 4.66. The number of carboxylic acids is 1. The Morgan fingerprint density at radius 1 is 1.64 bits per heavy atom. The zero-order valence-electron chi connectivity index (χ0n) is 7.38. The lowest BCUT2D eigenvalue weighted by Crippen LogP contribution is -1.99. The molecule has 0 amide bonds. The second-order valence-electron chi connectivity index (χ2n) is 2.59. The molecule has 0 fully saturated rings. The normalized spacial score (nSPS) is 9.93. The number of methoxy groups -OCH3 is 1. The quantitative estimate of drug-likeness (QED) is 0.865. The number of hydrogen-bond donors (Lipinski definition) is 1. The summed E-state index contributed by atoms with van der Waals surface area (Å²) in [5.74, 6) is -0.622. The molecule has 1 aromatic carbocycles. The Labute approximate surface area is 94.8 Å². The number of carboxylic acid groups (broad SMARTS) is 1. The molecule has 0 heterocycles. The van der Waals surface area contributed by atoms with Crippen LogP contribution in [0.25, 0.3) is 0 Å². The number of rotatable bonds is 3. The van der Waals surface area contributed by atoms with Crippen molar-refractivity contribution in [1.82, 2.24) is 0 Å². The first kappa shape index (κ1) is 11.3. The molecule has 1 aromatic rings. The van der Waals surface area contributed by atoms with Gasteiger partial charge in [0.1, 0.15) is 5.75 Å². The SMILES string of the molecule is COc1cc(C(=O)O)cc(CBr)c1Cl. The smallest absolute Gasteiger partial charge is 0.335 e. The van der Waals surface area contributed by atoms with Crippen LogP contribution in [-0.4, -0.2) is 18.2 Å². The minimum absolute atomic E-state index is 0.167. The Balaban J connectivity index is 3.32. The van der Waals surface area contributed by atoms with Gasteiger partial charge < -0.3 is 9.84 Å². The summed E-state index contributed by atoms with van der Waals surface area (Å²) in [5, 5.41) is 9.73. The highest BCUT2D eigenvalue weighted by Gasteiger charge is 2.12. The largest absolute Gasteiger partial charge is 0.495 e. The van der Waals surface area contributed by atoms with E-state index in [-0.39, 0.29) is 5.56 Å². The van der Waals surface area contributed by atoms with Crippen LogP contribution < -0.4 is 4.74 Å². The van der Waals surface area contributed by atoms with E-state index < -0.39 is 5.97 Å². The van der Waals surface area contributed by atoms with Crippen LogP contribution in [0.1, 0.15) is 15.9 Å². The highest BCUT2D eigenvalue weighted by molar-refractivity contribution is 9.08. The van der Waals surface area contributed by atoms with Gasteiger partial charge in [-0.25, -0.2) is 4.79 Å². The maximum Gasteiger partial charge on any atom is 0.335 e. The van der Waals surface area contributed by atoms with Gasteiger partial charge in [0, 0.05) is 5.33 Å². The average Bonchev–Trinajstić information content (AvgIpc) is 2.17. The molecule has 3 nitrogen and oxygen atoms in total. The van der Waals surface area contributed by atoms with Gasteiger partial charge >= 0.3 is 5.97 Å². The van der Waals surface area contributed by atoms with Crippen molar-refractivity contribution in [2.24, 2.45) is 0 Å². The molecule has 76 valence electrons. The van der Waals surface area contributed by atoms with Crippen LogP contribution in [0.5, 0.6) is 5.75 Å². The predicted octanol–water partition coefficient (Wildman–Crippen LogP) is 2.94. The molecule has 1 N–H and O–H groups in total. The summed E-state index contributed by atoms with van der Waals surface area (Å²) in [6.45, 7) is 0. The summed E-state index contributed by atoms with van der Waals surface area (Å²) in [6.07, 6.45) is 0. The van der Waals surface area contributed by atoms with E-state index in [1.54, 1.807) is 0 Å². The Hall–Kier alpha value is -0.740. The summed E-state index contributed by atoms with van der Waals surface area (Å²) in [6, 6.07) is 2.92. The molecule has 0 bridgehead atoms. The molecule has 0 aliphatic carbocycles. The minimum Gasteiger partial charge on any atom is -0.495 e. The number of carbonyl (C=O) groups is 1. The van der Waals surface area contributed by atoms with Gasteiger partial charge in [0.2, 0.25) is 0 Å². The summed E-state index contributed by atoms with van der Waals surface area (Å²) in [5.41, 5.74) is 0.865. The van der Waals surface area contributed by atoms with E-state index in [2.05, 4.69) is 15.9 Å². The zero-order valence-corrected chi connectivity index (χ0v) is 9.72. The molecule has 0 saturated heterocycles. The van der Waals surface area contributed by atoms with Crippen molar-refractivity contribution in [3.8, 4) is 5.75 Å². The molecular weight excluding hydrogens is 271 g/mol. The lowest BCUT2D eigenvalue weighted by atomic mass is 10.1. The van der Waals surface area contributed by atoms with Crippen molar-refractivity contribution in [1.29, 1.82) is 0 Å². The van der Waals surface area contributed by atoms with E-state index in [1.165, 1.54) is 19.2 Å². The van der Waals surface area contributed by atoms with Crippen molar-refractivity contribution in [2.75, 3.05) is 7.11 Å². The van der Waals surface area contributed by atoms with Crippen LogP contribution in [-0.2, 0) is 5.33 Å². The van der Waals surface area contributed by atoms with Crippen molar-refractivity contribution in [2.45, 2.75) is 5.33 Å². The first-order chi connectivity index (χ1) is 6.60. The Bertz CT molecular complexity index is 340. The van der Waals surface area contributed by atoms with E-state index >= 15 is 0 Å². The van der Waals surface area contributed by atoms with Gasteiger partial charge in [-0.3, -0.25) is 0 Å². The van der Waals surface area contributed by atoms with Crippen LogP contribution in [0.15, 0.2) is 12.1 Å². The first-order valence-electron chi connectivity index (χ1n) is 3.75. The Morgan fingerprint density at radius 3 is 2.71 bits per heavy atom. The van der Waals surface area contributed by atoms with E-state index in [1.807, 2.05) is 0 Å². The van der Waals surface area contributed by atoms with E-state index in [0.717, 1.165) is 0 Å². The first-order valence-corrected chi connectivity index (χ1v) is 5.25. The maximum atomic E-state index is 10.7. The molecule has 14 heavy (non-hydrogen) atoms. The average molecular weight is 280 g/mol. The summed E-state index contributed by atoms with van der Waals surface area (Å²) in [4.78, 5) is 10.7. The van der Waals surface area contributed by atoms with Crippen LogP contribution in [0.2, 0.25) is 5.02 Å². The van der Waals surface area contributed by atoms with Crippen LogP contribution in [0.4, 0.5) is 0 Å². The van der Waals surface area contributed by atoms with Crippen molar-refractivity contribution in [3.63, 3.8) is 0 Å². The lowest BCUT2D eigenvalue weighted by molar-refractivity contribution is 0.0696. The number of ether oxygens (including phenoxy) is 1. The number of aromatic carboxylic acids is 1. The van der Waals surface area contributed by atoms with Gasteiger partial charge in [-0.1, -0.05) is 27.5 Å². The van der Waals surface area contributed by atoms with Gasteiger partial charge in [-0.2, -0.15) is 0 Å². The number of alkyl halides is 1. The Kier molecular flexibility index (Phi) is 3.77. The third-order valence-corrected chi connectivity index (χ3v) is 2.76.